The van der Waals surface area contributed by atoms with Gasteiger partial charge in [0.05, 0.1) is 0 Å². The third kappa shape index (κ3) is 26.0. The van der Waals surface area contributed by atoms with Gasteiger partial charge in [-0.15, -0.1) is 0 Å². The third-order valence-electron chi connectivity index (χ3n) is 5.76. The van der Waals surface area contributed by atoms with Gasteiger partial charge in [0, 0.05) is 5.97 Å². The summed E-state index contributed by atoms with van der Waals surface area (Å²) in [6.07, 6.45) is 23.6. The summed E-state index contributed by atoms with van der Waals surface area (Å²) in [5.74, 6) is -0.903. The van der Waals surface area contributed by atoms with E-state index in [1.807, 2.05) is 0 Å². The van der Waals surface area contributed by atoms with E-state index < -0.39 is 5.97 Å². The van der Waals surface area contributed by atoms with Gasteiger partial charge < -0.3 is 14.8 Å². The van der Waals surface area contributed by atoms with Gasteiger partial charge in [-0.1, -0.05) is 104 Å². The Kier molecular flexibility index (Phi) is 28.1. The molecule has 4 heteroatoms. The van der Waals surface area contributed by atoms with Gasteiger partial charge in [-0.2, -0.15) is 0 Å². The molecule has 0 amide bonds. The maximum absolute atomic E-state index is 10.4. The van der Waals surface area contributed by atoms with Crippen LogP contribution in [0.3, 0.4) is 0 Å². The van der Waals surface area contributed by atoms with E-state index in [0.29, 0.717) is 0 Å². The smallest absolute Gasteiger partial charge is 0.550 e. The number of unbranched alkanes of at least 4 members (excludes halogenated alkanes) is 15. The van der Waals surface area contributed by atoms with Crippen LogP contribution in [0.4, 0.5) is 0 Å². The number of nitrogens with zero attached hydrogens (tertiary/aromatic N) is 1. The van der Waals surface area contributed by atoms with Gasteiger partial charge in [0.1, 0.15) is 0 Å². The molecule has 0 spiro atoms. The van der Waals surface area contributed by atoms with E-state index in [9.17, 15) is 9.90 Å². The number of carboxylic acid groups (broad SMARTS) is 1. The van der Waals surface area contributed by atoms with Crippen LogP contribution in [0.15, 0.2) is 0 Å². The van der Waals surface area contributed by atoms with Crippen LogP contribution >= 0.6 is 0 Å². The molecule has 3 nitrogen and oxygen atoms in total. The summed E-state index contributed by atoms with van der Waals surface area (Å²) in [5, 5.41) is 10.4. The van der Waals surface area contributed by atoms with E-state index in [0.717, 1.165) is 12.8 Å². The van der Waals surface area contributed by atoms with Crippen LogP contribution in [0.1, 0.15) is 136 Å². The van der Waals surface area contributed by atoms with Crippen molar-refractivity contribution in [1.82, 2.24) is 4.90 Å². The van der Waals surface area contributed by atoms with E-state index in [-0.39, 0.29) is 25.3 Å². The monoisotopic (exact) mass is 403 g/mol. The predicted octanol–water partition coefficient (Wildman–Crippen LogP) is 3.49. The Morgan fingerprint density at radius 3 is 1.21 bits per heavy atom. The van der Waals surface area contributed by atoms with E-state index in [1.165, 1.54) is 122 Å². The summed E-state index contributed by atoms with van der Waals surface area (Å²) in [6, 6.07) is 0. The maximum atomic E-state index is 10.4. The van der Waals surface area contributed by atoms with Crippen molar-refractivity contribution in [3.8, 4) is 0 Å². The molecule has 0 saturated carbocycles. The molecule has 0 fully saturated rings. The van der Waals surface area contributed by atoms with Gasteiger partial charge in [-0.3, -0.25) is 0 Å². The molecule has 0 aliphatic heterocycles. The molecule has 0 radical (unpaired) electrons. The van der Waals surface area contributed by atoms with E-state index >= 15 is 0 Å². The van der Waals surface area contributed by atoms with Crippen LogP contribution in [0.5, 0.6) is 0 Å². The number of aliphatic carboxylic acids is 1. The molecular formula is C25H50LiNO2. The first-order valence-electron chi connectivity index (χ1n) is 12.6. The molecule has 0 bridgehead atoms. The fourth-order valence-corrected chi connectivity index (χ4v) is 3.88. The maximum Gasteiger partial charge on any atom is 1.00 e. The number of carbonyl (C=O) groups excluding carboxylic acids is 1. The largest absolute Gasteiger partial charge is 1.00 e. The molecule has 0 unspecified atom stereocenters. The van der Waals surface area contributed by atoms with E-state index in [2.05, 4.69) is 18.7 Å². The molecule has 0 rings (SSSR count). The van der Waals surface area contributed by atoms with Crippen molar-refractivity contribution in [3.05, 3.63) is 0 Å². The van der Waals surface area contributed by atoms with Gasteiger partial charge in [-0.25, -0.2) is 0 Å². The van der Waals surface area contributed by atoms with E-state index in [4.69, 9.17) is 0 Å². The number of hydrogen-bond donors (Lipinski definition) is 0. The van der Waals surface area contributed by atoms with Crippen molar-refractivity contribution in [2.24, 2.45) is 0 Å². The summed E-state index contributed by atoms with van der Waals surface area (Å²) in [6.45, 7) is 8.39. The van der Waals surface area contributed by atoms with Crippen molar-refractivity contribution in [2.75, 3.05) is 19.6 Å². The van der Waals surface area contributed by atoms with Crippen LogP contribution < -0.4 is 24.0 Å². The van der Waals surface area contributed by atoms with Crippen LogP contribution in [0.25, 0.3) is 0 Å². The Morgan fingerprint density at radius 1 is 0.552 bits per heavy atom. The molecule has 0 aromatic rings. The van der Waals surface area contributed by atoms with Gasteiger partial charge in [0.2, 0.25) is 0 Å². The third-order valence-corrected chi connectivity index (χ3v) is 5.76. The first kappa shape index (κ1) is 31.2. The molecule has 0 aliphatic carbocycles. The summed E-state index contributed by atoms with van der Waals surface area (Å²) < 4.78 is 0. The molecule has 0 saturated heterocycles. The van der Waals surface area contributed by atoms with Crippen LogP contribution in [0, 0.1) is 0 Å². The number of hydrogen-bond acceptors (Lipinski definition) is 3. The minimum absolute atomic E-state index is 0. The molecule has 0 heterocycles. The zero-order chi connectivity index (χ0) is 20.7. The second kappa shape index (κ2) is 26.1. The molecule has 0 aliphatic rings. The molecule has 0 atom stereocenters. The minimum Gasteiger partial charge on any atom is -0.550 e. The van der Waals surface area contributed by atoms with Crippen LogP contribution in [-0.2, 0) is 4.79 Å². The average Bonchev–Trinajstić information content (AvgIpc) is 2.68. The molecule has 0 aromatic heterocycles. The Bertz CT molecular complexity index is 310. The molecule has 0 aromatic carbocycles. The molecule has 168 valence electrons. The standard InChI is InChI=1S/C25H51NO2.Li/c1-3-5-7-9-14-18-22-26(23-19-15-10-8-6-4-2)24-20-16-12-11-13-17-21-25(27)28;/h3-24H2,1-2H3,(H,27,28);/q;+1/p-1. The van der Waals surface area contributed by atoms with Gasteiger partial charge in [0.15, 0.2) is 0 Å². The first-order valence-corrected chi connectivity index (χ1v) is 12.6. The predicted molar refractivity (Wildman–Crippen MR) is 121 cm³/mol. The Hall–Kier alpha value is 0.0274. The summed E-state index contributed by atoms with van der Waals surface area (Å²) in [5.41, 5.74) is 0. The topological polar surface area (TPSA) is 43.4 Å². The van der Waals surface area contributed by atoms with Crippen molar-refractivity contribution in [2.45, 2.75) is 136 Å². The van der Waals surface area contributed by atoms with Crippen molar-refractivity contribution < 1.29 is 28.8 Å². The average molecular weight is 404 g/mol. The molecule has 29 heavy (non-hydrogen) atoms. The Morgan fingerprint density at radius 2 is 0.862 bits per heavy atom. The van der Waals surface area contributed by atoms with Gasteiger partial charge in [0.25, 0.3) is 0 Å². The summed E-state index contributed by atoms with van der Waals surface area (Å²) in [4.78, 5) is 13.1. The molecule has 0 N–H and O–H groups in total. The quantitative estimate of drug-likeness (QED) is 0.194. The minimum atomic E-state index is -0.903. The van der Waals surface area contributed by atoms with Gasteiger partial charge >= 0.3 is 18.9 Å². The van der Waals surface area contributed by atoms with Crippen LogP contribution in [-0.4, -0.2) is 30.5 Å². The van der Waals surface area contributed by atoms with E-state index in [1.54, 1.807) is 0 Å². The van der Waals surface area contributed by atoms with Gasteiger partial charge in [-0.05, 0) is 51.7 Å². The number of carbonyl (C=O) groups is 1. The van der Waals surface area contributed by atoms with Crippen molar-refractivity contribution >= 4 is 5.97 Å². The first-order chi connectivity index (χ1) is 13.7. The van der Waals surface area contributed by atoms with Crippen LogP contribution in [0.2, 0.25) is 0 Å². The zero-order valence-corrected chi connectivity index (χ0v) is 20.3. The number of carboxylic acids is 1. The summed E-state index contributed by atoms with van der Waals surface area (Å²) >= 11 is 0. The Labute approximate surface area is 195 Å². The normalized spacial score (nSPS) is 11.0. The Balaban J connectivity index is 0. The summed E-state index contributed by atoms with van der Waals surface area (Å²) in [7, 11) is 0. The van der Waals surface area contributed by atoms with Crippen molar-refractivity contribution in [1.29, 1.82) is 0 Å². The fraction of sp³-hybridized carbons (Fsp3) is 0.960. The van der Waals surface area contributed by atoms with Crippen molar-refractivity contribution in [3.63, 3.8) is 0 Å². The fourth-order valence-electron chi connectivity index (χ4n) is 3.88. The molecular weight excluding hydrogens is 353 g/mol. The second-order valence-corrected chi connectivity index (χ2v) is 8.62. The zero-order valence-electron chi connectivity index (χ0n) is 20.3. The second-order valence-electron chi connectivity index (χ2n) is 8.62. The SMILES string of the molecule is CCCCCCCCN(CCCCCCCC)CCCCCCCCC(=O)[O-].[Li+]. The number of rotatable bonds is 23.